The molecule has 4 atom stereocenters. The molecule has 3 unspecified atom stereocenters. The van der Waals surface area contributed by atoms with Crippen molar-refractivity contribution in [3.05, 3.63) is 162 Å². The summed E-state index contributed by atoms with van der Waals surface area (Å²) in [6.07, 6.45) is 14.3. The minimum Gasteiger partial charge on any atom is -0.334 e. The molecule has 0 radical (unpaired) electrons. The van der Waals surface area contributed by atoms with Crippen LogP contribution >= 0.6 is 23.1 Å². The molecule has 228 valence electrons. The van der Waals surface area contributed by atoms with Crippen molar-refractivity contribution in [2.75, 3.05) is 9.80 Å². The maximum absolute atomic E-state index is 2.68. The molecule has 5 aliphatic rings. The molecule has 2 nitrogen and oxygen atoms in total. The topological polar surface area (TPSA) is 6.48 Å². The highest BCUT2D eigenvalue weighted by Gasteiger charge is 2.57. The second-order valence-electron chi connectivity index (χ2n) is 13.8. The standard InChI is InChI=1S/C43H31BN2S2/c1-43-25-11-10-19-33(43)40-32(24-26-43)38-42(48-40)44-36-34(20-12-21-35(36)46(38)29-16-6-3-7-17-29)45(28-14-4-2-5-15-28)37-31-23-22-27-13-8-9-18-30(27)39(31)47-41(37)44/h2-26,33,38,42H,1H3/t33-,38?,42?,43?/m1/s1. The van der Waals surface area contributed by atoms with Crippen LogP contribution in [0.25, 0.3) is 20.9 Å². The molecule has 0 saturated carbocycles. The first-order valence-corrected chi connectivity index (χ1v) is 18.6. The van der Waals surface area contributed by atoms with Crippen molar-refractivity contribution in [3.63, 3.8) is 0 Å². The summed E-state index contributed by atoms with van der Waals surface area (Å²) in [4.78, 5) is 6.80. The van der Waals surface area contributed by atoms with E-state index in [9.17, 15) is 0 Å². The molecule has 5 aromatic carbocycles. The predicted octanol–water partition coefficient (Wildman–Crippen LogP) is 10.2. The van der Waals surface area contributed by atoms with E-state index in [1.54, 1.807) is 4.91 Å². The Kier molecular flexibility index (Phi) is 5.63. The number of benzene rings is 5. The van der Waals surface area contributed by atoms with Gasteiger partial charge in [0, 0.05) is 54.1 Å². The zero-order valence-electron chi connectivity index (χ0n) is 26.5. The highest BCUT2D eigenvalue weighted by molar-refractivity contribution is 8.05. The molecule has 2 aliphatic carbocycles. The fraction of sp³-hybridized carbons (Fsp3) is 0.116. The molecule has 0 amide bonds. The second kappa shape index (κ2) is 9.91. The van der Waals surface area contributed by atoms with Crippen LogP contribution in [0.3, 0.4) is 0 Å². The molecule has 1 aromatic heterocycles. The average Bonchev–Trinajstić information content (AvgIpc) is 3.71. The molecular weight excluding hydrogens is 619 g/mol. The number of anilines is 5. The van der Waals surface area contributed by atoms with Gasteiger partial charge < -0.3 is 9.80 Å². The Bertz CT molecular complexity index is 2440. The number of thioether (sulfide) groups is 1. The smallest absolute Gasteiger partial charge is 0.246 e. The third-order valence-electron chi connectivity index (χ3n) is 11.2. The number of thiophene rings is 1. The number of nitrogens with zero attached hydrogens (tertiary/aromatic N) is 2. The van der Waals surface area contributed by atoms with E-state index in [1.165, 1.54) is 65.1 Å². The van der Waals surface area contributed by atoms with Gasteiger partial charge in [-0.25, -0.2) is 0 Å². The molecule has 0 fully saturated rings. The van der Waals surface area contributed by atoms with Gasteiger partial charge in [0.15, 0.2) is 0 Å². The van der Waals surface area contributed by atoms with Crippen molar-refractivity contribution in [2.45, 2.75) is 18.1 Å². The van der Waals surface area contributed by atoms with E-state index in [1.807, 2.05) is 11.3 Å². The Labute approximate surface area is 289 Å². The summed E-state index contributed by atoms with van der Waals surface area (Å²) in [5.41, 5.74) is 9.40. The first-order valence-electron chi connectivity index (χ1n) is 16.9. The number of rotatable bonds is 2. The van der Waals surface area contributed by atoms with Crippen LogP contribution in [0.5, 0.6) is 0 Å². The fourth-order valence-electron chi connectivity index (χ4n) is 9.10. The first-order chi connectivity index (χ1) is 23.7. The average molecular weight is 651 g/mol. The van der Waals surface area contributed by atoms with Gasteiger partial charge in [-0.3, -0.25) is 0 Å². The van der Waals surface area contributed by atoms with Crippen molar-refractivity contribution in [3.8, 4) is 0 Å². The lowest BCUT2D eigenvalue weighted by molar-refractivity contribution is 0.443. The molecule has 4 heterocycles. The van der Waals surface area contributed by atoms with Gasteiger partial charge in [-0.1, -0.05) is 122 Å². The number of fused-ring (bicyclic) bond motifs is 11. The fourth-order valence-corrected chi connectivity index (χ4v) is 12.6. The van der Waals surface area contributed by atoms with Gasteiger partial charge in [-0.15, -0.1) is 23.1 Å². The van der Waals surface area contributed by atoms with Gasteiger partial charge in [0.05, 0.1) is 11.7 Å². The van der Waals surface area contributed by atoms with Crippen LogP contribution in [-0.2, 0) is 0 Å². The molecule has 3 aliphatic heterocycles. The van der Waals surface area contributed by atoms with Crippen molar-refractivity contribution in [1.29, 1.82) is 0 Å². The quantitative estimate of drug-likeness (QED) is 0.172. The summed E-state index contributed by atoms with van der Waals surface area (Å²) in [6.45, 7) is 2.65. The highest BCUT2D eigenvalue weighted by atomic mass is 32.2. The molecule has 48 heavy (non-hydrogen) atoms. The van der Waals surface area contributed by atoms with Gasteiger partial charge in [0.1, 0.15) is 0 Å². The largest absolute Gasteiger partial charge is 0.334 e. The normalized spacial score (nSPS) is 24.5. The van der Waals surface area contributed by atoms with Crippen LogP contribution in [0.2, 0.25) is 0 Å². The first kappa shape index (κ1) is 27.3. The van der Waals surface area contributed by atoms with E-state index in [-0.39, 0.29) is 18.2 Å². The van der Waals surface area contributed by atoms with Crippen molar-refractivity contribution >= 4 is 89.3 Å². The van der Waals surface area contributed by atoms with E-state index in [2.05, 4.69) is 180 Å². The molecule has 0 N–H and O–H groups in total. The highest BCUT2D eigenvalue weighted by Crippen LogP contribution is 2.59. The van der Waals surface area contributed by atoms with E-state index in [0.29, 0.717) is 11.1 Å². The molecule has 11 rings (SSSR count). The van der Waals surface area contributed by atoms with Gasteiger partial charge >= 0.3 is 0 Å². The maximum atomic E-state index is 2.68. The summed E-state index contributed by atoms with van der Waals surface area (Å²) in [5, 5.41) is 4.33. The monoisotopic (exact) mass is 650 g/mol. The van der Waals surface area contributed by atoms with Crippen LogP contribution in [0.4, 0.5) is 28.4 Å². The lowest BCUT2D eigenvalue weighted by Gasteiger charge is -2.48. The van der Waals surface area contributed by atoms with Gasteiger partial charge in [0.2, 0.25) is 6.71 Å². The Morgan fingerprint density at radius 1 is 0.708 bits per heavy atom. The zero-order valence-corrected chi connectivity index (χ0v) is 28.1. The van der Waals surface area contributed by atoms with Gasteiger partial charge in [0.25, 0.3) is 0 Å². The predicted molar refractivity (Wildman–Crippen MR) is 209 cm³/mol. The number of para-hydroxylation sites is 2. The second-order valence-corrected chi connectivity index (χ2v) is 16.1. The van der Waals surface area contributed by atoms with E-state index in [4.69, 9.17) is 0 Å². The van der Waals surface area contributed by atoms with Crippen LogP contribution in [0.1, 0.15) is 6.92 Å². The van der Waals surface area contributed by atoms with Gasteiger partial charge in [-0.05, 0) is 63.1 Å². The number of hydrogen-bond donors (Lipinski definition) is 0. The van der Waals surface area contributed by atoms with E-state index < -0.39 is 0 Å². The number of hydrogen-bond acceptors (Lipinski definition) is 4. The lowest BCUT2D eigenvalue weighted by Crippen LogP contribution is -2.65. The van der Waals surface area contributed by atoms with Crippen LogP contribution < -0.4 is 20.0 Å². The third kappa shape index (κ3) is 3.56. The summed E-state index contributed by atoms with van der Waals surface area (Å²) in [6, 6.07) is 43.0. The van der Waals surface area contributed by atoms with Crippen molar-refractivity contribution in [2.24, 2.45) is 11.3 Å². The zero-order chi connectivity index (χ0) is 31.6. The maximum Gasteiger partial charge on any atom is 0.246 e. The molecular formula is C43H31BN2S2. The van der Waals surface area contributed by atoms with E-state index in [0.717, 1.165) is 0 Å². The molecule has 5 heteroatoms. The van der Waals surface area contributed by atoms with Gasteiger partial charge in [-0.2, -0.15) is 0 Å². The summed E-state index contributed by atoms with van der Waals surface area (Å²) in [5.74, 6) is 0.355. The Morgan fingerprint density at radius 2 is 1.48 bits per heavy atom. The summed E-state index contributed by atoms with van der Waals surface area (Å²) in [7, 11) is 0. The van der Waals surface area contributed by atoms with Crippen LogP contribution in [0, 0.1) is 11.3 Å². The summed E-state index contributed by atoms with van der Waals surface area (Å²) < 4.78 is 2.88. The van der Waals surface area contributed by atoms with Crippen molar-refractivity contribution < 1.29 is 0 Å². The Balaban J connectivity index is 1.23. The molecule has 6 aromatic rings. The third-order valence-corrected chi connectivity index (χ3v) is 14.1. The van der Waals surface area contributed by atoms with Crippen molar-refractivity contribution in [1.82, 2.24) is 0 Å². The molecule has 0 bridgehead atoms. The Hall–Kier alpha value is -4.71. The van der Waals surface area contributed by atoms with E-state index >= 15 is 0 Å². The minimum absolute atomic E-state index is 0.00201. The van der Waals surface area contributed by atoms with Crippen LogP contribution in [-0.4, -0.2) is 17.9 Å². The minimum atomic E-state index is 0.00201. The number of allylic oxidation sites excluding steroid dienone is 6. The molecule has 0 saturated heterocycles. The Morgan fingerprint density at radius 3 is 2.33 bits per heavy atom. The SMILES string of the molecule is CC12C=CC=C[C@@H]1C1=C(C=C2)C2C(S1)B1c3sc4c(ccc5ccccc54)c3N(c3ccccc3)c3cccc(c31)N2c1ccccc1. The molecule has 0 spiro atoms. The lowest BCUT2D eigenvalue weighted by atomic mass is 9.36. The summed E-state index contributed by atoms with van der Waals surface area (Å²) >= 11 is 4.20. The van der Waals surface area contributed by atoms with Crippen LogP contribution in [0.15, 0.2) is 162 Å².